The molecule has 0 bridgehead atoms. The van der Waals surface area contributed by atoms with Crippen LogP contribution in [0, 0.1) is 0 Å². The average Bonchev–Trinajstić information content (AvgIpc) is 3.37. The van der Waals surface area contributed by atoms with Gasteiger partial charge in [0.05, 0.1) is 29.5 Å². The highest BCUT2D eigenvalue weighted by molar-refractivity contribution is 7.85. The molecule has 0 N–H and O–H groups in total. The number of likely N-dealkylation sites (tertiary alicyclic amines) is 1. The molecule has 4 rings (SSSR count). The number of esters is 1. The maximum atomic E-state index is 12.6. The van der Waals surface area contributed by atoms with Gasteiger partial charge in [0.1, 0.15) is 18.5 Å². The van der Waals surface area contributed by atoms with E-state index in [2.05, 4.69) is 4.90 Å². The molecule has 9 heteroatoms. The van der Waals surface area contributed by atoms with E-state index in [0.29, 0.717) is 24.5 Å². The highest BCUT2D eigenvalue weighted by Crippen LogP contribution is 2.31. The second-order valence-corrected chi connectivity index (χ2v) is 9.61. The number of aromatic nitrogens is 1. The molecule has 3 heterocycles. The molecule has 32 heavy (non-hydrogen) atoms. The van der Waals surface area contributed by atoms with Crippen LogP contribution in [0.15, 0.2) is 42.6 Å². The normalized spacial score (nSPS) is 15.9. The first-order valence-electron chi connectivity index (χ1n) is 10.8. The number of pyridine rings is 1. The van der Waals surface area contributed by atoms with Gasteiger partial charge < -0.3 is 13.9 Å². The quantitative estimate of drug-likeness (QED) is 0.358. The van der Waals surface area contributed by atoms with Crippen LogP contribution < -0.4 is 4.74 Å². The van der Waals surface area contributed by atoms with Crippen LogP contribution in [0.3, 0.4) is 0 Å². The zero-order valence-corrected chi connectivity index (χ0v) is 19.1. The topological polar surface area (TPSA) is 86.5 Å². The van der Waals surface area contributed by atoms with Crippen LogP contribution in [0.1, 0.15) is 30.1 Å². The van der Waals surface area contributed by atoms with E-state index in [9.17, 15) is 13.2 Å². The number of rotatable bonds is 9. The summed E-state index contributed by atoms with van der Waals surface area (Å²) in [6.45, 7) is 4.52. The molecule has 1 fully saturated rings. The van der Waals surface area contributed by atoms with Gasteiger partial charge in [0.25, 0.3) is 10.1 Å². The SMILES string of the molecule is CCOC(=O)c1c2ccc(OC(COS(C)(=O)=O)CN3CCCC3)cc2n2ccccc12. The van der Waals surface area contributed by atoms with E-state index in [1.54, 1.807) is 13.0 Å². The zero-order valence-electron chi connectivity index (χ0n) is 18.3. The van der Waals surface area contributed by atoms with E-state index in [4.69, 9.17) is 13.7 Å². The van der Waals surface area contributed by atoms with E-state index in [1.807, 2.05) is 40.9 Å². The standard InChI is InChI=1S/C23H28N2O6S/c1-3-29-23(26)22-19-10-9-17(14-21(19)25-13-5-4-8-20(22)25)31-18(16-30-32(2,27)28)15-24-11-6-7-12-24/h4-5,8-10,13-14,18H,3,6-7,11-12,15-16H2,1-2H3. The Balaban J connectivity index is 1.66. The number of carbonyl (C=O) groups excluding carboxylic acids is 1. The van der Waals surface area contributed by atoms with Crippen molar-refractivity contribution in [2.75, 3.05) is 39.1 Å². The lowest BCUT2D eigenvalue weighted by molar-refractivity contribution is 0.0531. The Bertz CT molecular complexity index is 1210. The third-order valence-corrected chi connectivity index (χ3v) is 6.09. The van der Waals surface area contributed by atoms with Crippen molar-refractivity contribution in [1.82, 2.24) is 9.30 Å². The molecule has 1 saturated heterocycles. The maximum absolute atomic E-state index is 12.6. The number of nitrogens with zero attached hydrogens (tertiary/aromatic N) is 2. The summed E-state index contributed by atoms with van der Waals surface area (Å²) in [5, 5.41) is 0.769. The van der Waals surface area contributed by atoms with Crippen LogP contribution in [0.4, 0.5) is 0 Å². The van der Waals surface area contributed by atoms with Gasteiger partial charge in [-0.05, 0) is 57.1 Å². The monoisotopic (exact) mass is 460 g/mol. The van der Waals surface area contributed by atoms with Crippen molar-refractivity contribution in [2.45, 2.75) is 25.9 Å². The number of ether oxygens (including phenoxy) is 2. The summed E-state index contributed by atoms with van der Waals surface area (Å²) in [6.07, 6.45) is 4.72. The van der Waals surface area contributed by atoms with Crippen molar-refractivity contribution in [2.24, 2.45) is 0 Å². The third-order valence-electron chi connectivity index (χ3n) is 5.52. The summed E-state index contributed by atoms with van der Waals surface area (Å²) < 4.78 is 41.5. The van der Waals surface area contributed by atoms with Gasteiger partial charge in [0, 0.05) is 24.2 Å². The predicted molar refractivity (Wildman–Crippen MR) is 122 cm³/mol. The van der Waals surface area contributed by atoms with Crippen LogP contribution in [0.2, 0.25) is 0 Å². The highest BCUT2D eigenvalue weighted by atomic mass is 32.2. The predicted octanol–water partition coefficient (Wildman–Crippen LogP) is 3.09. The van der Waals surface area contributed by atoms with Crippen LogP contribution in [-0.2, 0) is 19.0 Å². The molecule has 0 amide bonds. The summed E-state index contributed by atoms with van der Waals surface area (Å²) in [5.41, 5.74) is 2.08. The van der Waals surface area contributed by atoms with E-state index >= 15 is 0 Å². The number of hydrogen-bond donors (Lipinski definition) is 0. The molecule has 0 spiro atoms. The Morgan fingerprint density at radius 3 is 2.62 bits per heavy atom. The van der Waals surface area contributed by atoms with Crippen molar-refractivity contribution >= 4 is 32.5 Å². The number of benzene rings is 1. The van der Waals surface area contributed by atoms with Gasteiger partial charge in [-0.1, -0.05) is 6.07 Å². The number of fused-ring (bicyclic) bond motifs is 3. The lowest BCUT2D eigenvalue weighted by Gasteiger charge is -2.24. The molecule has 3 aromatic rings. The lowest BCUT2D eigenvalue weighted by atomic mass is 10.1. The van der Waals surface area contributed by atoms with Crippen LogP contribution in [0.5, 0.6) is 5.75 Å². The molecule has 1 aromatic carbocycles. The molecule has 1 atom stereocenters. The molecule has 1 unspecified atom stereocenters. The Labute approximate surface area is 187 Å². The summed E-state index contributed by atoms with van der Waals surface area (Å²) in [7, 11) is -3.57. The van der Waals surface area contributed by atoms with Gasteiger partial charge >= 0.3 is 5.97 Å². The number of hydrogen-bond acceptors (Lipinski definition) is 7. The Morgan fingerprint density at radius 1 is 1.12 bits per heavy atom. The first-order chi connectivity index (χ1) is 15.4. The van der Waals surface area contributed by atoms with E-state index in [-0.39, 0.29) is 12.6 Å². The Hall–Kier alpha value is -2.62. The smallest absolute Gasteiger partial charge is 0.340 e. The molecular formula is C23H28N2O6S. The summed E-state index contributed by atoms with van der Waals surface area (Å²) >= 11 is 0. The molecule has 1 aliphatic rings. The summed E-state index contributed by atoms with van der Waals surface area (Å²) in [4.78, 5) is 14.9. The second-order valence-electron chi connectivity index (χ2n) is 7.97. The van der Waals surface area contributed by atoms with Gasteiger partial charge in [-0.15, -0.1) is 0 Å². The van der Waals surface area contributed by atoms with Gasteiger partial charge in [-0.25, -0.2) is 4.79 Å². The largest absolute Gasteiger partial charge is 0.487 e. The lowest BCUT2D eigenvalue weighted by Crippen LogP contribution is -2.37. The summed E-state index contributed by atoms with van der Waals surface area (Å²) in [5.74, 6) is 0.214. The minimum atomic E-state index is -3.57. The fraction of sp³-hybridized carbons (Fsp3) is 0.435. The summed E-state index contributed by atoms with van der Waals surface area (Å²) in [6, 6.07) is 11.1. The first-order valence-corrected chi connectivity index (χ1v) is 12.6. The van der Waals surface area contributed by atoms with Crippen molar-refractivity contribution in [3.63, 3.8) is 0 Å². The minimum Gasteiger partial charge on any atom is -0.487 e. The zero-order chi connectivity index (χ0) is 22.7. The average molecular weight is 461 g/mol. The molecule has 172 valence electrons. The van der Waals surface area contributed by atoms with Gasteiger partial charge in [0.15, 0.2) is 0 Å². The molecular weight excluding hydrogens is 432 g/mol. The fourth-order valence-electron chi connectivity index (χ4n) is 4.18. The second kappa shape index (κ2) is 9.48. The van der Waals surface area contributed by atoms with Crippen LogP contribution in [-0.4, -0.2) is 68.9 Å². The van der Waals surface area contributed by atoms with Crippen molar-refractivity contribution < 1.29 is 26.9 Å². The first kappa shape index (κ1) is 22.6. The molecule has 0 saturated carbocycles. The molecule has 0 aliphatic carbocycles. The van der Waals surface area contributed by atoms with Crippen molar-refractivity contribution in [1.29, 1.82) is 0 Å². The fourth-order valence-corrected chi connectivity index (χ4v) is 4.58. The van der Waals surface area contributed by atoms with Gasteiger partial charge in [0.2, 0.25) is 0 Å². The molecule has 8 nitrogen and oxygen atoms in total. The Morgan fingerprint density at radius 2 is 1.91 bits per heavy atom. The maximum Gasteiger partial charge on any atom is 0.340 e. The minimum absolute atomic E-state index is 0.0592. The molecule has 0 radical (unpaired) electrons. The van der Waals surface area contributed by atoms with E-state index in [0.717, 1.165) is 48.6 Å². The van der Waals surface area contributed by atoms with Gasteiger partial charge in [-0.2, -0.15) is 8.42 Å². The van der Waals surface area contributed by atoms with Crippen molar-refractivity contribution in [3.8, 4) is 5.75 Å². The van der Waals surface area contributed by atoms with Crippen LogP contribution >= 0.6 is 0 Å². The van der Waals surface area contributed by atoms with Gasteiger partial charge in [-0.3, -0.25) is 9.08 Å². The van der Waals surface area contributed by atoms with Crippen LogP contribution in [0.25, 0.3) is 16.4 Å². The molecule has 1 aliphatic heterocycles. The van der Waals surface area contributed by atoms with Crippen molar-refractivity contribution in [3.05, 3.63) is 48.2 Å². The van der Waals surface area contributed by atoms with E-state index in [1.165, 1.54) is 0 Å². The highest BCUT2D eigenvalue weighted by Gasteiger charge is 2.23. The Kier molecular flexibility index (Phi) is 6.68. The third kappa shape index (κ3) is 5.06. The molecule has 2 aromatic heterocycles. The number of carbonyl (C=O) groups is 1. The van der Waals surface area contributed by atoms with E-state index < -0.39 is 16.2 Å².